The van der Waals surface area contributed by atoms with Gasteiger partial charge in [-0.25, -0.2) is 4.52 Å². The van der Waals surface area contributed by atoms with Crippen LogP contribution in [0.25, 0.3) is 16.4 Å². The van der Waals surface area contributed by atoms with Crippen LogP contribution in [0.5, 0.6) is 0 Å². The first-order chi connectivity index (χ1) is 10.3. The molecule has 102 valence electrons. The number of hydrogen-bond acceptors (Lipinski definition) is 4. The lowest BCUT2D eigenvalue weighted by atomic mass is 10.00. The number of aliphatic hydroxyl groups is 1. The molecular formula is C16H12N4O. The van der Waals surface area contributed by atoms with E-state index in [1.54, 1.807) is 35.5 Å². The molecule has 0 spiro atoms. The van der Waals surface area contributed by atoms with Gasteiger partial charge in [-0.3, -0.25) is 9.97 Å². The zero-order valence-corrected chi connectivity index (χ0v) is 11.1. The smallest absolute Gasteiger partial charge is 0.110 e. The third-order valence-corrected chi connectivity index (χ3v) is 3.61. The monoisotopic (exact) mass is 276 g/mol. The Morgan fingerprint density at radius 2 is 1.90 bits per heavy atom. The first-order valence-corrected chi connectivity index (χ1v) is 6.63. The maximum absolute atomic E-state index is 10.8. The maximum Gasteiger partial charge on any atom is 0.110 e. The molecule has 5 heteroatoms. The molecule has 4 rings (SSSR count). The van der Waals surface area contributed by atoms with E-state index in [4.69, 9.17) is 0 Å². The highest BCUT2D eigenvalue weighted by molar-refractivity contribution is 5.82. The SMILES string of the molecule is OC(c1cccc2cccnc12)c1cnn2ccncc12. The summed E-state index contributed by atoms with van der Waals surface area (Å²) in [5.41, 5.74) is 3.08. The zero-order chi connectivity index (χ0) is 14.2. The molecule has 1 unspecified atom stereocenters. The van der Waals surface area contributed by atoms with Crippen LogP contribution in [0.3, 0.4) is 0 Å². The Morgan fingerprint density at radius 1 is 1.00 bits per heavy atom. The Morgan fingerprint density at radius 3 is 2.86 bits per heavy atom. The summed E-state index contributed by atoms with van der Waals surface area (Å²) in [6.45, 7) is 0. The number of aliphatic hydroxyl groups excluding tert-OH is 1. The molecule has 1 aromatic carbocycles. The summed E-state index contributed by atoms with van der Waals surface area (Å²) in [7, 11) is 0. The largest absolute Gasteiger partial charge is 0.383 e. The summed E-state index contributed by atoms with van der Waals surface area (Å²) in [6, 6.07) is 9.66. The van der Waals surface area contributed by atoms with Crippen molar-refractivity contribution in [3.8, 4) is 0 Å². The van der Waals surface area contributed by atoms with E-state index in [-0.39, 0.29) is 0 Å². The van der Waals surface area contributed by atoms with Crippen LogP contribution in [0.2, 0.25) is 0 Å². The normalized spacial score (nSPS) is 12.8. The van der Waals surface area contributed by atoms with E-state index >= 15 is 0 Å². The molecular weight excluding hydrogens is 264 g/mol. The van der Waals surface area contributed by atoms with E-state index in [1.807, 2.05) is 30.3 Å². The lowest BCUT2D eigenvalue weighted by molar-refractivity contribution is 0.223. The predicted octanol–water partition coefficient (Wildman–Crippen LogP) is 2.36. The van der Waals surface area contributed by atoms with E-state index in [0.717, 1.165) is 27.5 Å². The quantitative estimate of drug-likeness (QED) is 0.610. The highest BCUT2D eigenvalue weighted by Crippen LogP contribution is 2.29. The molecule has 0 aliphatic carbocycles. The molecule has 0 amide bonds. The second-order valence-electron chi connectivity index (χ2n) is 4.83. The van der Waals surface area contributed by atoms with Crippen molar-refractivity contribution in [3.63, 3.8) is 0 Å². The van der Waals surface area contributed by atoms with Gasteiger partial charge >= 0.3 is 0 Å². The first-order valence-electron chi connectivity index (χ1n) is 6.63. The third kappa shape index (κ3) is 1.86. The van der Waals surface area contributed by atoms with Crippen LogP contribution in [-0.2, 0) is 0 Å². The Labute approximate surface area is 120 Å². The summed E-state index contributed by atoms with van der Waals surface area (Å²) in [6.07, 6.45) is 7.73. The fourth-order valence-electron chi connectivity index (χ4n) is 2.58. The van der Waals surface area contributed by atoms with Crippen molar-refractivity contribution in [3.05, 3.63) is 72.4 Å². The number of aromatic nitrogens is 4. The van der Waals surface area contributed by atoms with Crippen molar-refractivity contribution in [1.29, 1.82) is 0 Å². The maximum atomic E-state index is 10.8. The van der Waals surface area contributed by atoms with E-state index in [9.17, 15) is 5.11 Å². The molecule has 0 saturated heterocycles. The number of pyridine rings is 1. The van der Waals surface area contributed by atoms with Gasteiger partial charge in [0.1, 0.15) is 6.10 Å². The summed E-state index contributed by atoms with van der Waals surface area (Å²) in [5, 5.41) is 16.0. The first kappa shape index (κ1) is 12.0. The summed E-state index contributed by atoms with van der Waals surface area (Å²) in [4.78, 5) is 8.49. The number of nitrogens with zero attached hydrogens (tertiary/aromatic N) is 4. The molecule has 3 aromatic heterocycles. The highest BCUT2D eigenvalue weighted by Gasteiger charge is 2.18. The zero-order valence-electron chi connectivity index (χ0n) is 11.1. The van der Waals surface area contributed by atoms with Crippen molar-refractivity contribution in [2.45, 2.75) is 6.10 Å². The van der Waals surface area contributed by atoms with Crippen molar-refractivity contribution in [1.82, 2.24) is 19.6 Å². The van der Waals surface area contributed by atoms with Crippen molar-refractivity contribution >= 4 is 16.4 Å². The molecule has 0 saturated carbocycles. The lowest BCUT2D eigenvalue weighted by Crippen LogP contribution is -2.01. The van der Waals surface area contributed by atoms with Gasteiger partial charge in [-0.1, -0.05) is 24.3 Å². The lowest BCUT2D eigenvalue weighted by Gasteiger charge is -2.12. The van der Waals surface area contributed by atoms with Crippen LogP contribution < -0.4 is 0 Å². The summed E-state index contributed by atoms with van der Waals surface area (Å²) in [5.74, 6) is 0. The average Bonchev–Trinajstić information content (AvgIpc) is 2.98. The standard InChI is InChI=1S/C16H12N4O/c21-16(13-9-19-20-8-7-17-10-14(13)20)12-5-1-3-11-4-2-6-18-15(11)12/h1-10,16,21H. The second kappa shape index (κ2) is 4.64. The van der Waals surface area contributed by atoms with Crippen LogP contribution in [-0.4, -0.2) is 24.7 Å². The molecule has 0 radical (unpaired) electrons. The molecule has 0 fully saturated rings. The van der Waals surface area contributed by atoms with Gasteiger partial charge < -0.3 is 5.11 Å². The predicted molar refractivity (Wildman–Crippen MR) is 78.8 cm³/mol. The molecule has 3 heterocycles. The van der Waals surface area contributed by atoms with Gasteiger partial charge in [0.05, 0.1) is 23.4 Å². The molecule has 1 atom stereocenters. The number of para-hydroxylation sites is 1. The van der Waals surface area contributed by atoms with Gasteiger partial charge in [0.25, 0.3) is 0 Å². The Bertz CT molecular complexity index is 926. The minimum Gasteiger partial charge on any atom is -0.383 e. The Balaban J connectivity index is 1.92. The number of hydrogen-bond donors (Lipinski definition) is 1. The van der Waals surface area contributed by atoms with E-state index in [0.29, 0.717) is 0 Å². The van der Waals surface area contributed by atoms with Gasteiger partial charge in [0.2, 0.25) is 0 Å². The summed E-state index contributed by atoms with van der Waals surface area (Å²) < 4.78 is 1.70. The van der Waals surface area contributed by atoms with Crippen LogP contribution in [0.4, 0.5) is 0 Å². The third-order valence-electron chi connectivity index (χ3n) is 3.61. The van der Waals surface area contributed by atoms with E-state index in [1.165, 1.54) is 0 Å². The van der Waals surface area contributed by atoms with E-state index in [2.05, 4.69) is 15.1 Å². The summed E-state index contributed by atoms with van der Waals surface area (Å²) >= 11 is 0. The molecule has 0 aliphatic heterocycles. The minimum absolute atomic E-state index is 0.723. The molecule has 0 aliphatic rings. The van der Waals surface area contributed by atoms with Crippen molar-refractivity contribution in [2.75, 3.05) is 0 Å². The Hall–Kier alpha value is -2.79. The van der Waals surface area contributed by atoms with E-state index < -0.39 is 6.10 Å². The van der Waals surface area contributed by atoms with Crippen molar-refractivity contribution in [2.24, 2.45) is 0 Å². The van der Waals surface area contributed by atoms with Gasteiger partial charge in [-0.2, -0.15) is 5.10 Å². The molecule has 21 heavy (non-hydrogen) atoms. The second-order valence-corrected chi connectivity index (χ2v) is 4.83. The highest BCUT2D eigenvalue weighted by atomic mass is 16.3. The van der Waals surface area contributed by atoms with Crippen LogP contribution >= 0.6 is 0 Å². The molecule has 1 N–H and O–H groups in total. The fraction of sp³-hybridized carbons (Fsp3) is 0.0625. The topological polar surface area (TPSA) is 63.3 Å². The van der Waals surface area contributed by atoms with Crippen LogP contribution in [0, 0.1) is 0 Å². The average molecular weight is 276 g/mol. The van der Waals surface area contributed by atoms with Gasteiger partial charge in [0, 0.05) is 35.1 Å². The number of fused-ring (bicyclic) bond motifs is 2. The van der Waals surface area contributed by atoms with Gasteiger partial charge in [-0.15, -0.1) is 0 Å². The van der Waals surface area contributed by atoms with Crippen LogP contribution in [0.15, 0.2) is 61.3 Å². The van der Waals surface area contributed by atoms with Crippen LogP contribution in [0.1, 0.15) is 17.2 Å². The van der Waals surface area contributed by atoms with Crippen molar-refractivity contribution < 1.29 is 5.11 Å². The Kier molecular flexibility index (Phi) is 2.65. The molecule has 5 nitrogen and oxygen atoms in total. The number of benzene rings is 1. The van der Waals surface area contributed by atoms with Gasteiger partial charge in [0.15, 0.2) is 0 Å². The van der Waals surface area contributed by atoms with Gasteiger partial charge in [-0.05, 0) is 6.07 Å². The minimum atomic E-state index is -0.787. The fourth-order valence-corrected chi connectivity index (χ4v) is 2.58. The number of rotatable bonds is 2. The molecule has 0 bridgehead atoms. The molecule has 4 aromatic rings.